The second-order valence-electron chi connectivity index (χ2n) is 6.24. The molecule has 4 heteroatoms. The van der Waals surface area contributed by atoms with Crippen molar-refractivity contribution in [1.82, 2.24) is 15.5 Å². The Morgan fingerprint density at radius 3 is 2.47 bits per heavy atom. The lowest BCUT2D eigenvalue weighted by Gasteiger charge is -2.30. The SMILES string of the molecule is CC(C)CCNC(=O)NCCCN1CCC(C)CC1. The molecule has 0 unspecified atom stereocenters. The van der Waals surface area contributed by atoms with Crippen molar-refractivity contribution in [3.63, 3.8) is 0 Å². The highest BCUT2D eigenvalue weighted by molar-refractivity contribution is 5.73. The van der Waals surface area contributed by atoms with E-state index in [0.29, 0.717) is 5.92 Å². The zero-order valence-electron chi connectivity index (χ0n) is 12.9. The van der Waals surface area contributed by atoms with Crippen molar-refractivity contribution in [3.8, 4) is 0 Å². The van der Waals surface area contributed by atoms with Gasteiger partial charge in [-0.15, -0.1) is 0 Å². The summed E-state index contributed by atoms with van der Waals surface area (Å²) in [6.07, 6.45) is 4.73. The van der Waals surface area contributed by atoms with Gasteiger partial charge in [0.25, 0.3) is 0 Å². The van der Waals surface area contributed by atoms with E-state index in [1.807, 2.05) is 0 Å². The van der Waals surface area contributed by atoms with E-state index in [0.717, 1.165) is 38.4 Å². The molecule has 0 saturated carbocycles. The van der Waals surface area contributed by atoms with E-state index in [1.165, 1.54) is 25.9 Å². The first kappa shape index (κ1) is 16.3. The predicted molar refractivity (Wildman–Crippen MR) is 80.3 cm³/mol. The minimum atomic E-state index is -0.0204. The van der Waals surface area contributed by atoms with Gasteiger partial charge in [0.2, 0.25) is 0 Å². The minimum absolute atomic E-state index is 0.0204. The van der Waals surface area contributed by atoms with E-state index >= 15 is 0 Å². The summed E-state index contributed by atoms with van der Waals surface area (Å²) in [6, 6.07) is -0.0204. The number of piperidine rings is 1. The van der Waals surface area contributed by atoms with Crippen molar-refractivity contribution in [2.24, 2.45) is 11.8 Å². The maximum absolute atomic E-state index is 11.5. The highest BCUT2D eigenvalue weighted by Crippen LogP contribution is 2.15. The number of hydrogen-bond acceptors (Lipinski definition) is 2. The van der Waals surface area contributed by atoms with Crippen LogP contribution in [0, 0.1) is 11.8 Å². The summed E-state index contributed by atoms with van der Waals surface area (Å²) in [5.41, 5.74) is 0. The third kappa shape index (κ3) is 8.09. The number of hydrogen-bond donors (Lipinski definition) is 2. The zero-order chi connectivity index (χ0) is 14.1. The second-order valence-corrected chi connectivity index (χ2v) is 6.24. The summed E-state index contributed by atoms with van der Waals surface area (Å²) >= 11 is 0. The second kappa shape index (κ2) is 9.18. The standard InChI is InChI=1S/C15H31N3O/c1-13(2)5-9-17-15(19)16-8-4-10-18-11-6-14(3)7-12-18/h13-14H,4-12H2,1-3H3,(H2,16,17,19). The van der Waals surface area contributed by atoms with Crippen LogP contribution in [-0.2, 0) is 0 Å². The van der Waals surface area contributed by atoms with Crippen molar-refractivity contribution < 1.29 is 4.79 Å². The van der Waals surface area contributed by atoms with Crippen molar-refractivity contribution >= 4 is 6.03 Å². The Labute approximate surface area is 118 Å². The van der Waals surface area contributed by atoms with Crippen LogP contribution in [0.1, 0.15) is 46.5 Å². The summed E-state index contributed by atoms with van der Waals surface area (Å²) < 4.78 is 0. The molecule has 1 fully saturated rings. The van der Waals surface area contributed by atoms with Gasteiger partial charge in [0.1, 0.15) is 0 Å². The van der Waals surface area contributed by atoms with Crippen molar-refractivity contribution in [2.45, 2.75) is 46.5 Å². The number of rotatable bonds is 7. The van der Waals surface area contributed by atoms with E-state index in [2.05, 4.69) is 36.3 Å². The topological polar surface area (TPSA) is 44.4 Å². The van der Waals surface area contributed by atoms with E-state index in [4.69, 9.17) is 0 Å². The van der Waals surface area contributed by atoms with Crippen LogP contribution < -0.4 is 10.6 Å². The van der Waals surface area contributed by atoms with Crippen LogP contribution in [0.5, 0.6) is 0 Å². The number of nitrogens with one attached hydrogen (secondary N) is 2. The molecule has 0 radical (unpaired) electrons. The Kier molecular flexibility index (Phi) is 7.87. The van der Waals surface area contributed by atoms with Gasteiger partial charge in [-0.3, -0.25) is 0 Å². The van der Waals surface area contributed by atoms with Gasteiger partial charge in [-0.25, -0.2) is 4.79 Å². The number of likely N-dealkylation sites (tertiary alicyclic amines) is 1. The lowest BCUT2D eigenvalue weighted by molar-refractivity contribution is 0.190. The van der Waals surface area contributed by atoms with Crippen LogP contribution in [-0.4, -0.2) is 43.7 Å². The monoisotopic (exact) mass is 269 g/mol. The van der Waals surface area contributed by atoms with Gasteiger partial charge in [-0.05, 0) is 57.2 Å². The van der Waals surface area contributed by atoms with Gasteiger partial charge in [0.05, 0.1) is 0 Å². The van der Waals surface area contributed by atoms with Crippen LogP contribution in [0.4, 0.5) is 4.79 Å². The minimum Gasteiger partial charge on any atom is -0.338 e. The summed E-state index contributed by atoms with van der Waals surface area (Å²) in [6.45, 7) is 11.8. The molecule has 0 aromatic carbocycles. The fourth-order valence-electron chi connectivity index (χ4n) is 2.33. The van der Waals surface area contributed by atoms with Gasteiger partial charge >= 0.3 is 6.03 Å². The third-order valence-electron chi connectivity index (χ3n) is 3.82. The Morgan fingerprint density at radius 1 is 1.21 bits per heavy atom. The van der Waals surface area contributed by atoms with Gasteiger partial charge in [-0.1, -0.05) is 20.8 Å². The first-order valence-electron chi connectivity index (χ1n) is 7.82. The molecule has 0 spiro atoms. The first-order valence-corrected chi connectivity index (χ1v) is 7.82. The van der Waals surface area contributed by atoms with E-state index in [9.17, 15) is 4.79 Å². The van der Waals surface area contributed by atoms with Crippen LogP contribution in [0.2, 0.25) is 0 Å². The molecule has 1 aliphatic rings. The molecule has 0 aliphatic carbocycles. The molecule has 4 nitrogen and oxygen atoms in total. The number of carbonyl (C=O) groups excluding carboxylic acids is 1. The van der Waals surface area contributed by atoms with E-state index in [1.54, 1.807) is 0 Å². The quantitative estimate of drug-likeness (QED) is 0.697. The molecule has 1 rings (SSSR count). The molecule has 1 aliphatic heterocycles. The van der Waals surface area contributed by atoms with Crippen molar-refractivity contribution in [2.75, 3.05) is 32.7 Å². The predicted octanol–water partition coefficient (Wildman–Crippen LogP) is 2.45. The highest BCUT2D eigenvalue weighted by Gasteiger charge is 2.14. The zero-order valence-corrected chi connectivity index (χ0v) is 12.9. The maximum Gasteiger partial charge on any atom is 0.314 e. The Bertz CT molecular complexity index is 248. The molecule has 0 atom stereocenters. The van der Waals surface area contributed by atoms with Crippen LogP contribution in [0.15, 0.2) is 0 Å². The molecule has 112 valence electrons. The molecule has 2 amide bonds. The summed E-state index contributed by atoms with van der Waals surface area (Å²) in [4.78, 5) is 14.0. The normalized spacial score (nSPS) is 17.7. The molecule has 19 heavy (non-hydrogen) atoms. The molecule has 0 bridgehead atoms. The molecule has 0 aromatic rings. The fourth-order valence-corrected chi connectivity index (χ4v) is 2.33. The Balaban J connectivity index is 1.94. The van der Waals surface area contributed by atoms with Crippen molar-refractivity contribution in [1.29, 1.82) is 0 Å². The number of nitrogens with zero attached hydrogens (tertiary/aromatic N) is 1. The van der Waals surface area contributed by atoms with Gasteiger partial charge in [0, 0.05) is 13.1 Å². The summed E-state index contributed by atoms with van der Waals surface area (Å²) in [7, 11) is 0. The Morgan fingerprint density at radius 2 is 1.84 bits per heavy atom. The van der Waals surface area contributed by atoms with Crippen molar-refractivity contribution in [3.05, 3.63) is 0 Å². The highest BCUT2D eigenvalue weighted by atomic mass is 16.2. The number of amides is 2. The van der Waals surface area contributed by atoms with Gasteiger partial charge in [0.15, 0.2) is 0 Å². The lowest BCUT2D eigenvalue weighted by atomic mass is 9.99. The average Bonchev–Trinajstić information content (AvgIpc) is 2.36. The summed E-state index contributed by atoms with van der Waals surface area (Å²) in [5, 5.41) is 5.82. The van der Waals surface area contributed by atoms with Crippen LogP contribution in [0.3, 0.4) is 0 Å². The average molecular weight is 269 g/mol. The third-order valence-corrected chi connectivity index (χ3v) is 3.82. The molecule has 1 saturated heterocycles. The molecule has 2 N–H and O–H groups in total. The van der Waals surface area contributed by atoms with Crippen LogP contribution in [0.25, 0.3) is 0 Å². The smallest absolute Gasteiger partial charge is 0.314 e. The van der Waals surface area contributed by atoms with Gasteiger partial charge < -0.3 is 15.5 Å². The number of urea groups is 1. The molecular weight excluding hydrogens is 238 g/mol. The maximum atomic E-state index is 11.5. The van der Waals surface area contributed by atoms with Crippen LogP contribution >= 0.6 is 0 Å². The molecule has 1 heterocycles. The first-order chi connectivity index (χ1) is 9.08. The Hall–Kier alpha value is -0.770. The molecule has 0 aromatic heterocycles. The fraction of sp³-hybridized carbons (Fsp3) is 0.933. The summed E-state index contributed by atoms with van der Waals surface area (Å²) in [5.74, 6) is 1.53. The largest absolute Gasteiger partial charge is 0.338 e. The number of carbonyl (C=O) groups is 1. The van der Waals surface area contributed by atoms with E-state index in [-0.39, 0.29) is 6.03 Å². The molecular formula is C15H31N3O. The van der Waals surface area contributed by atoms with Gasteiger partial charge in [-0.2, -0.15) is 0 Å². The van der Waals surface area contributed by atoms with E-state index < -0.39 is 0 Å². The lowest BCUT2D eigenvalue weighted by Crippen LogP contribution is -2.39.